The van der Waals surface area contributed by atoms with Crippen molar-refractivity contribution in [3.63, 3.8) is 0 Å². The number of nitrogens with one attached hydrogen (secondary N) is 1. The van der Waals surface area contributed by atoms with Gasteiger partial charge < -0.3 is 10.5 Å². The number of hydrogen-bond acceptors (Lipinski definition) is 3. The third-order valence-corrected chi connectivity index (χ3v) is 3.82. The predicted octanol–water partition coefficient (Wildman–Crippen LogP) is 1.61. The molecule has 0 spiro atoms. The Kier molecular flexibility index (Phi) is 4.06. The zero-order chi connectivity index (χ0) is 9.84. The number of ether oxygens (including phenoxy) is 1. The summed E-state index contributed by atoms with van der Waals surface area (Å²) in [5, 5.41) is 8.21. The smallest absolute Gasteiger partial charge is 0.0916 e. The van der Waals surface area contributed by atoms with E-state index in [1.807, 2.05) is 11.8 Å². The third-order valence-electron chi connectivity index (χ3n) is 2.22. The molecule has 1 saturated heterocycles. The van der Waals surface area contributed by atoms with E-state index in [9.17, 15) is 0 Å². The van der Waals surface area contributed by atoms with Crippen LogP contribution in [0, 0.1) is 5.41 Å². The highest BCUT2D eigenvalue weighted by molar-refractivity contribution is 8.00. The Labute approximate surface area is 83.9 Å². The summed E-state index contributed by atoms with van der Waals surface area (Å²) in [6.07, 6.45) is 2.18. The van der Waals surface area contributed by atoms with Gasteiger partial charge in [-0.25, -0.2) is 0 Å². The molecule has 4 heteroatoms. The number of rotatable bonds is 4. The van der Waals surface area contributed by atoms with E-state index in [4.69, 9.17) is 15.9 Å². The van der Waals surface area contributed by atoms with Crippen molar-refractivity contribution in [1.82, 2.24) is 0 Å². The minimum atomic E-state index is 0.284. The summed E-state index contributed by atoms with van der Waals surface area (Å²) in [5.74, 6) is 0.284. The van der Waals surface area contributed by atoms with E-state index in [0.29, 0.717) is 23.0 Å². The predicted molar refractivity (Wildman–Crippen MR) is 57.4 cm³/mol. The van der Waals surface area contributed by atoms with Crippen molar-refractivity contribution in [2.75, 3.05) is 6.61 Å². The summed E-state index contributed by atoms with van der Waals surface area (Å²) in [4.78, 5) is 0. The first kappa shape index (κ1) is 10.9. The van der Waals surface area contributed by atoms with Gasteiger partial charge in [0.25, 0.3) is 0 Å². The van der Waals surface area contributed by atoms with E-state index in [2.05, 4.69) is 13.8 Å². The molecule has 0 amide bonds. The summed E-state index contributed by atoms with van der Waals surface area (Å²) in [6, 6.07) is 0. The summed E-state index contributed by atoms with van der Waals surface area (Å²) < 4.78 is 5.47. The molecular formula is C9H18N2OS. The van der Waals surface area contributed by atoms with Crippen molar-refractivity contribution in [3.05, 3.63) is 0 Å². The highest BCUT2D eigenvalue weighted by Crippen LogP contribution is 2.30. The van der Waals surface area contributed by atoms with Crippen molar-refractivity contribution >= 4 is 17.6 Å². The highest BCUT2D eigenvalue weighted by atomic mass is 32.2. The average molecular weight is 202 g/mol. The van der Waals surface area contributed by atoms with Crippen LogP contribution in [0.3, 0.4) is 0 Å². The molecule has 0 aromatic carbocycles. The number of hydrogen-bond donors (Lipinski definition) is 2. The Morgan fingerprint density at radius 3 is 2.92 bits per heavy atom. The lowest BCUT2D eigenvalue weighted by atomic mass is 10.2. The van der Waals surface area contributed by atoms with Crippen LogP contribution in [0.25, 0.3) is 0 Å². The third kappa shape index (κ3) is 3.56. The minimum Gasteiger partial charge on any atom is -0.388 e. The Morgan fingerprint density at radius 1 is 1.77 bits per heavy atom. The molecule has 1 aliphatic rings. The Morgan fingerprint density at radius 2 is 2.46 bits per heavy atom. The molecule has 1 rings (SSSR count). The Bertz CT molecular complexity index is 186. The molecular weight excluding hydrogens is 184 g/mol. The van der Waals surface area contributed by atoms with Gasteiger partial charge in [-0.3, -0.25) is 5.41 Å². The summed E-state index contributed by atoms with van der Waals surface area (Å²) in [6.45, 7) is 5.12. The molecule has 3 N–H and O–H groups in total. The molecule has 1 heterocycles. The van der Waals surface area contributed by atoms with Gasteiger partial charge in [0.05, 0.1) is 11.9 Å². The summed E-state index contributed by atoms with van der Waals surface area (Å²) >= 11 is 1.90. The van der Waals surface area contributed by atoms with Crippen molar-refractivity contribution in [2.45, 2.75) is 43.3 Å². The normalized spacial score (nSPS) is 30.3. The first-order valence-corrected chi connectivity index (χ1v) is 5.64. The molecule has 0 aromatic heterocycles. The van der Waals surface area contributed by atoms with Crippen LogP contribution >= 0.6 is 11.8 Å². The zero-order valence-corrected chi connectivity index (χ0v) is 9.06. The van der Waals surface area contributed by atoms with Gasteiger partial charge in [0.2, 0.25) is 0 Å². The topological polar surface area (TPSA) is 59.1 Å². The van der Waals surface area contributed by atoms with Crippen LogP contribution in [0.4, 0.5) is 0 Å². The second kappa shape index (κ2) is 4.86. The fraction of sp³-hybridized carbons (Fsp3) is 0.889. The fourth-order valence-electron chi connectivity index (χ4n) is 1.55. The van der Waals surface area contributed by atoms with Crippen LogP contribution in [0.2, 0.25) is 0 Å². The quantitative estimate of drug-likeness (QED) is 0.538. The number of thioether (sulfide) groups is 1. The molecule has 76 valence electrons. The maximum atomic E-state index is 7.18. The lowest BCUT2D eigenvalue weighted by Gasteiger charge is -2.18. The number of nitrogens with two attached hydrogens (primary N) is 1. The van der Waals surface area contributed by atoms with Gasteiger partial charge in [-0.05, 0) is 13.3 Å². The second-order valence-corrected chi connectivity index (χ2v) is 5.26. The first-order chi connectivity index (χ1) is 6.09. The van der Waals surface area contributed by atoms with Crippen molar-refractivity contribution in [1.29, 1.82) is 5.41 Å². The molecule has 13 heavy (non-hydrogen) atoms. The van der Waals surface area contributed by atoms with Crippen LogP contribution in [0.15, 0.2) is 0 Å². The Balaban J connectivity index is 2.26. The maximum Gasteiger partial charge on any atom is 0.0916 e. The van der Waals surface area contributed by atoms with Gasteiger partial charge in [0.1, 0.15) is 0 Å². The van der Waals surface area contributed by atoms with Crippen LogP contribution in [0.5, 0.6) is 0 Å². The lowest BCUT2D eigenvalue weighted by Crippen LogP contribution is -2.20. The monoisotopic (exact) mass is 202 g/mol. The molecule has 3 atom stereocenters. The van der Waals surface area contributed by atoms with E-state index >= 15 is 0 Å². The average Bonchev–Trinajstić information content (AvgIpc) is 2.34. The largest absolute Gasteiger partial charge is 0.388 e. The van der Waals surface area contributed by atoms with Crippen LogP contribution in [0.1, 0.15) is 26.7 Å². The highest BCUT2D eigenvalue weighted by Gasteiger charge is 2.26. The van der Waals surface area contributed by atoms with Gasteiger partial charge in [0.15, 0.2) is 0 Å². The van der Waals surface area contributed by atoms with E-state index in [1.54, 1.807) is 0 Å². The molecule has 1 aliphatic heterocycles. The van der Waals surface area contributed by atoms with Gasteiger partial charge in [0, 0.05) is 23.5 Å². The van der Waals surface area contributed by atoms with Gasteiger partial charge in [-0.15, -0.1) is 0 Å². The summed E-state index contributed by atoms with van der Waals surface area (Å²) in [7, 11) is 0. The van der Waals surface area contributed by atoms with E-state index in [-0.39, 0.29) is 5.84 Å². The molecule has 0 saturated carbocycles. The molecule has 0 bridgehead atoms. The molecule has 3 nitrogen and oxygen atoms in total. The summed E-state index contributed by atoms with van der Waals surface area (Å²) in [5.41, 5.74) is 5.34. The number of amidine groups is 1. The first-order valence-electron chi connectivity index (χ1n) is 4.69. The van der Waals surface area contributed by atoms with Gasteiger partial charge >= 0.3 is 0 Å². The SMILES string of the molecule is CC(CC(=N)N)SC1CCOC1C. The van der Waals surface area contributed by atoms with Crippen LogP contribution in [-0.2, 0) is 4.74 Å². The fourth-order valence-corrected chi connectivity index (χ4v) is 2.95. The Hall–Kier alpha value is -0.220. The van der Waals surface area contributed by atoms with E-state index in [0.717, 1.165) is 13.0 Å². The van der Waals surface area contributed by atoms with Crippen molar-refractivity contribution < 1.29 is 4.74 Å². The van der Waals surface area contributed by atoms with Crippen molar-refractivity contribution in [2.24, 2.45) is 5.73 Å². The van der Waals surface area contributed by atoms with Gasteiger partial charge in [-0.2, -0.15) is 11.8 Å². The molecule has 3 unspecified atom stereocenters. The lowest BCUT2D eigenvalue weighted by molar-refractivity contribution is 0.127. The minimum absolute atomic E-state index is 0.284. The van der Waals surface area contributed by atoms with Crippen molar-refractivity contribution in [3.8, 4) is 0 Å². The molecule has 0 radical (unpaired) electrons. The van der Waals surface area contributed by atoms with E-state index in [1.165, 1.54) is 0 Å². The maximum absolute atomic E-state index is 7.18. The van der Waals surface area contributed by atoms with Crippen LogP contribution in [-0.4, -0.2) is 29.0 Å². The second-order valence-electron chi connectivity index (χ2n) is 3.58. The molecule has 1 fully saturated rings. The standard InChI is InChI=1S/C9H18N2OS/c1-6(5-9(10)11)13-8-3-4-12-7(8)2/h6-8H,3-5H2,1-2H3,(H3,10,11). The molecule has 0 aromatic rings. The zero-order valence-electron chi connectivity index (χ0n) is 8.25. The molecule has 0 aliphatic carbocycles. The van der Waals surface area contributed by atoms with Gasteiger partial charge in [-0.1, -0.05) is 6.92 Å². The van der Waals surface area contributed by atoms with Crippen LogP contribution < -0.4 is 5.73 Å². The van der Waals surface area contributed by atoms with E-state index < -0.39 is 0 Å².